The van der Waals surface area contributed by atoms with E-state index < -0.39 is 5.91 Å². The quantitative estimate of drug-likeness (QED) is 0.764. The van der Waals surface area contributed by atoms with E-state index in [0.717, 1.165) is 21.7 Å². The number of nitrogens with two attached hydrogens (primary N) is 1. The van der Waals surface area contributed by atoms with Crippen molar-refractivity contribution in [3.8, 4) is 0 Å². The molecule has 7 heteroatoms. The zero-order valence-electron chi connectivity index (χ0n) is 13.7. The lowest BCUT2D eigenvalue weighted by atomic mass is 10.1. The van der Waals surface area contributed by atoms with Gasteiger partial charge < -0.3 is 15.5 Å². The lowest BCUT2D eigenvalue weighted by Gasteiger charge is -2.03. The van der Waals surface area contributed by atoms with Crippen LogP contribution in [0, 0.1) is 20.8 Å². The molecule has 0 saturated carbocycles. The summed E-state index contributed by atoms with van der Waals surface area (Å²) in [5.41, 5.74) is 9.20. The predicted molar refractivity (Wildman–Crippen MR) is 94.6 cm³/mol. The summed E-state index contributed by atoms with van der Waals surface area (Å²) < 4.78 is 1.88. The van der Waals surface area contributed by atoms with E-state index in [0.29, 0.717) is 16.3 Å². The minimum absolute atomic E-state index is 0.134. The van der Waals surface area contributed by atoms with Gasteiger partial charge in [0.15, 0.2) is 0 Å². The minimum Gasteiger partial charge on any atom is -0.365 e. The van der Waals surface area contributed by atoms with Crippen molar-refractivity contribution in [2.24, 2.45) is 5.73 Å². The van der Waals surface area contributed by atoms with Gasteiger partial charge in [0, 0.05) is 17.3 Å². The highest BCUT2D eigenvalue weighted by Gasteiger charge is 2.19. The summed E-state index contributed by atoms with van der Waals surface area (Å²) in [7, 11) is 0. The van der Waals surface area contributed by atoms with Gasteiger partial charge in [0.2, 0.25) is 5.91 Å². The smallest absolute Gasteiger partial charge is 0.251 e. The van der Waals surface area contributed by atoms with Crippen LogP contribution in [-0.2, 0) is 11.2 Å². The standard InChI is InChI=1S/C17H18N4O2S/c1-9-4-5-21-8-12(19-13(21)6-9)7-14(22)20-17-15(16(18)23)10(2)11(3)24-17/h4-6,8H,7H2,1-3H3,(H2,18,23)(H,20,22). The van der Waals surface area contributed by atoms with Crippen molar-refractivity contribution in [3.63, 3.8) is 0 Å². The molecule has 0 saturated heterocycles. The summed E-state index contributed by atoms with van der Waals surface area (Å²) in [5, 5.41) is 3.29. The highest BCUT2D eigenvalue weighted by Crippen LogP contribution is 2.32. The van der Waals surface area contributed by atoms with Gasteiger partial charge in [-0.05, 0) is 44.0 Å². The first-order valence-electron chi connectivity index (χ1n) is 7.49. The molecule has 0 bridgehead atoms. The van der Waals surface area contributed by atoms with Crippen LogP contribution in [0.5, 0.6) is 0 Å². The predicted octanol–water partition coefficient (Wildman–Crippen LogP) is 2.60. The molecular formula is C17H18N4O2S. The van der Waals surface area contributed by atoms with E-state index >= 15 is 0 Å². The molecule has 3 N–H and O–H groups in total. The first-order chi connectivity index (χ1) is 11.3. The van der Waals surface area contributed by atoms with Gasteiger partial charge in [-0.2, -0.15) is 0 Å². The zero-order valence-corrected chi connectivity index (χ0v) is 14.5. The lowest BCUT2D eigenvalue weighted by Crippen LogP contribution is -2.18. The molecule has 0 aliphatic heterocycles. The number of carbonyl (C=O) groups excluding carboxylic acids is 2. The number of pyridine rings is 1. The number of nitrogens with zero attached hydrogens (tertiary/aromatic N) is 2. The van der Waals surface area contributed by atoms with Crippen molar-refractivity contribution in [3.05, 3.63) is 51.8 Å². The average molecular weight is 342 g/mol. The van der Waals surface area contributed by atoms with Crippen molar-refractivity contribution in [1.82, 2.24) is 9.38 Å². The number of fused-ring (bicyclic) bond motifs is 1. The Labute approximate surface area is 143 Å². The molecule has 3 rings (SSSR count). The Morgan fingerprint density at radius 1 is 1.33 bits per heavy atom. The fourth-order valence-corrected chi connectivity index (χ4v) is 3.65. The third-order valence-electron chi connectivity index (χ3n) is 3.89. The number of hydrogen-bond acceptors (Lipinski definition) is 4. The molecule has 0 atom stereocenters. The van der Waals surface area contributed by atoms with Crippen LogP contribution in [0.4, 0.5) is 5.00 Å². The second-order valence-corrected chi connectivity index (χ2v) is 7.00. The number of hydrogen-bond donors (Lipinski definition) is 2. The first kappa shape index (κ1) is 16.2. The number of primary amides is 1. The van der Waals surface area contributed by atoms with Crippen molar-refractivity contribution >= 4 is 33.8 Å². The summed E-state index contributed by atoms with van der Waals surface area (Å²) in [6, 6.07) is 3.94. The van der Waals surface area contributed by atoms with Crippen LogP contribution in [0.3, 0.4) is 0 Å². The summed E-state index contributed by atoms with van der Waals surface area (Å²) in [6.45, 7) is 5.71. The normalized spacial score (nSPS) is 11.0. The molecule has 0 aliphatic carbocycles. The summed E-state index contributed by atoms with van der Waals surface area (Å²) >= 11 is 1.36. The number of amides is 2. The van der Waals surface area contributed by atoms with Gasteiger partial charge in [0.05, 0.1) is 17.7 Å². The van der Waals surface area contributed by atoms with Gasteiger partial charge in [0.1, 0.15) is 10.6 Å². The van der Waals surface area contributed by atoms with Gasteiger partial charge in [-0.1, -0.05) is 0 Å². The molecule has 124 valence electrons. The summed E-state index contributed by atoms with van der Waals surface area (Å²) in [6.07, 6.45) is 3.87. The number of thiophene rings is 1. The van der Waals surface area contributed by atoms with Crippen LogP contribution < -0.4 is 11.1 Å². The molecule has 0 spiro atoms. The van der Waals surface area contributed by atoms with Crippen LogP contribution in [0.25, 0.3) is 5.65 Å². The average Bonchev–Trinajstić information content (AvgIpc) is 2.99. The van der Waals surface area contributed by atoms with Gasteiger partial charge in [-0.3, -0.25) is 9.59 Å². The molecule has 3 aromatic heterocycles. The van der Waals surface area contributed by atoms with Crippen molar-refractivity contribution in [2.75, 3.05) is 5.32 Å². The van der Waals surface area contributed by atoms with Gasteiger partial charge in [-0.25, -0.2) is 4.98 Å². The Morgan fingerprint density at radius 3 is 2.79 bits per heavy atom. The van der Waals surface area contributed by atoms with E-state index in [-0.39, 0.29) is 12.3 Å². The molecular weight excluding hydrogens is 324 g/mol. The maximum Gasteiger partial charge on any atom is 0.251 e. The molecule has 0 radical (unpaired) electrons. The van der Waals surface area contributed by atoms with Crippen molar-refractivity contribution in [1.29, 1.82) is 0 Å². The van der Waals surface area contributed by atoms with E-state index in [1.165, 1.54) is 11.3 Å². The van der Waals surface area contributed by atoms with Gasteiger partial charge in [0.25, 0.3) is 5.91 Å². The maximum atomic E-state index is 12.3. The molecule has 0 fully saturated rings. The molecule has 24 heavy (non-hydrogen) atoms. The fraction of sp³-hybridized carbons (Fsp3) is 0.235. The van der Waals surface area contributed by atoms with Crippen LogP contribution in [0.1, 0.15) is 32.1 Å². The second-order valence-electron chi connectivity index (χ2n) is 5.78. The number of imidazole rings is 1. The van der Waals surface area contributed by atoms with Crippen LogP contribution >= 0.6 is 11.3 Å². The Balaban J connectivity index is 1.80. The monoisotopic (exact) mass is 342 g/mol. The summed E-state index contributed by atoms with van der Waals surface area (Å²) in [5.74, 6) is -0.755. The Kier molecular flexibility index (Phi) is 4.11. The third kappa shape index (κ3) is 3.03. The highest BCUT2D eigenvalue weighted by atomic mass is 32.1. The fourth-order valence-electron chi connectivity index (χ4n) is 2.57. The number of aryl methyl sites for hydroxylation is 2. The number of nitrogens with one attached hydrogen (secondary N) is 1. The number of anilines is 1. The maximum absolute atomic E-state index is 12.3. The largest absolute Gasteiger partial charge is 0.365 e. The third-order valence-corrected chi connectivity index (χ3v) is 5.01. The second kappa shape index (κ2) is 6.09. The molecule has 2 amide bonds. The Morgan fingerprint density at radius 2 is 2.08 bits per heavy atom. The first-order valence-corrected chi connectivity index (χ1v) is 8.30. The van der Waals surface area contributed by atoms with Crippen molar-refractivity contribution < 1.29 is 9.59 Å². The van der Waals surface area contributed by atoms with E-state index in [9.17, 15) is 9.59 Å². The van der Waals surface area contributed by atoms with Crippen LogP contribution in [0.2, 0.25) is 0 Å². The molecule has 0 unspecified atom stereocenters. The van der Waals surface area contributed by atoms with E-state index in [1.807, 2.05) is 49.7 Å². The Bertz CT molecular complexity index is 955. The van der Waals surface area contributed by atoms with Crippen molar-refractivity contribution in [2.45, 2.75) is 27.2 Å². The van der Waals surface area contributed by atoms with Gasteiger partial charge in [-0.15, -0.1) is 11.3 Å². The van der Waals surface area contributed by atoms with E-state index in [4.69, 9.17) is 5.73 Å². The SMILES string of the molecule is Cc1ccn2cc(CC(=O)Nc3sc(C)c(C)c3C(N)=O)nc2c1. The summed E-state index contributed by atoms with van der Waals surface area (Å²) in [4.78, 5) is 29.3. The molecule has 6 nitrogen and oxygen atoms in total. The Hall–Kier alpha value is -2.67. The van der Waals surface area contributed by atoms with Crippen LogP contribution in [0.15, 0.2) is 24.5 Å². The molecule has 0 aliphatic rings. The lowest BCUT2D eigenvalue weighted by molar-refractivity contribution is -0.115. The molecule has 0 aromatic carbocycles. The molecule has 3 aromatic rings. The van der Waals surface area contributed by atoms with E-state index in [1.54, 1.807) is 0 Å². The van der Waals surface area contributed by atoms with E-state index in [2.05, 4.69) is 10.3 Å². The number of carbonyl (C=O) groups is 2. The topological polar surface area (TPSA) is 89.5 Å². The number of rotatable bonds is 4. The van der Waals surface area contributed by atoms with Gasteiger partial charge >= 0.3 is 0 Å². The highest BCUT2D eigenvalue weighted by molar-refractivity contribution is 7.16. The number of aromatic nitrogens is 2. The minimum atomic E-state index is -0.532. The molecule has 3 heterocycles. The zero-order chi connectivity index (χ0) is 17.4. The van der Waals surface area contributed by atoms with Crippen LogP contribution in [-0.4, -0.2) is 21.2 Å².